The van der Waals surface area contributed by atoms with Gasteiger partial charge in [0.25, 0.3) is 0 Å². The average Bonchev–Trinajstić information content (AvgIpc) is 2.46. The first-order valence-electron chi connectivity index (χ1n) is 6.90. The molecule has 2 rings (SSSR count). The summed E-state index contributed by atoms with van der Waals surface area (Å²) in [6.07, 6.45) is 3.50. The summed E-state index contributed by atoms with van der Waals surface area (Å²) in [7, 11) is 0. The Hall–Kier alpha value is -1.65. The Morgan fingerprint density at radius 3 is 2.21 bits per heavy atom. The van der Waals surface area contributed by atoms with Gasteiger partial charge in [-0.25, -0.2) is 9.97 Å². The minimum Gasteiger partial charge on any atom is -0.339 e. The van der Waals surface area contributed by atoms with Gasteiger partial charge in [0, 0.05) is 44.5 Å². The molecular formula is C14H22N4O. The van der Waals surface area contributed by atoms with Crippen LogP contribution in [0.5, 0.6) is 0 Å². The molecular weight excluding hydrogens is 240 g/mol. The lowest BCUT2D eigenvalue weighted by molar-refractivity contribution is -0.136. The topological polar surface area (TPSA) is 49.3 Å². The van der Waals surface area contributed by atoms with Crippen molar-refractivity contribution >= 4 is 11.9 Å². The molecule has 0 spiro atoms. The standard InChI is InChI=1S/C14H22N4O/c1-11(2)12(3)13(19)17-7-9-18(10-8-17)14-15-5-4-6-16-14/h4-6,11-12H,7-10H2,1-3H3. The molecule has 0 aliphatic carbocycles. The number of rotatable bonds is 3. The first-order valence-corrected chi connectivity index (χ1v) is 6.90. The Morgan fingerprint density at radius 2 is 1.68 bits per heavy atom. The minimum absolute atomic E-state index is 0.0968. The van der Waals surface area contributed by atoms with Crippen molar-refractivity contribution in [2.24, 2.45) is 11.8 Å². The van der Waals surface area contributed by atoms with Gasteiger partial charge in [-0.15, -0.1) is 0 Å². The first-order chi connectivity index (χ1) is 9.09. The van der Waals surface area contributed by atoms with Gasteiger partial charge in [-0.1, -0.05) is 20.8 Å². The molecule has 0 bridgehead atoms. The molecule has 5 heteroatoms. The highest BCUT2D eigenvalue weighted by molar-refractivity contribution is 5.79. The number of hydrogen-bond donors (Lipinski definition) is 0. The molecule has 1 aliphatic rings. The van der Waals surface area contributed by atoms with Gasteiger partial charge in [-0.2, -0.15) is 0 Å². The summed E-state index contributed by atoms with van der Waals surface area (Å²) in [6.45, 7) is 9.33. The van der Waals surface area contributed by atoms with E-state index >= 15 is 0 Å². The van der Waals surface area contributed by atoms with E-state index in [1.54, 1.807) is 12.4 Å². The predicted octanol–water partition coefficient (Wildman–Crippen LogP) is 1.42. The van der Waals surface area contributed by atoms with Crippen molar-refractivity contribution in [2.75, 3.05) is 31.1 Å². The molecule has 19 heavy (non-hydrogen) atoms. The summed E-state index contributed by atoms with van der Waals surface area (Å²) < 4.78 is 0. The van der Waals surface area contributed by atoms with Crippen LogP contribution in [-0.4, -0.2) is 47.0 Å². The number of carbonyl (C=O) groups is 1. The third-order valence-corrected chi connectivity index (χ3v) is 3.82. The highest BCUT2D eigenvalue weighted by atomic mass is 16.2. The molecule has 104 valence electrons. The maximum atomic E-state index is 12.3. The average molecular weight is 262 g/mol. The molecule has 1 aromatic heterocycles. The van der Waals surface area contributed by atoms with Crippen molar-refractivity contribution in [3.8, 4) is 0 Å². The van der Waals surface area contributed by atoms with Crippen LogP contribution >= 0.6 is 0 Å². The molecule has 1 unspecified atom stereocenters. The van der Waals surface area contributed by atoms with E-state index in [2.05, 4.69) is 28.7 Å². The Bertz CT molecular complexity index is 413. The van der Waals surface area contributed by atoms with E-state index in [1.165, 1.54) is 0 Å². The van der Waals surface area contributed by atoms with Crippen molar-refractivity contribution in [2.45, 2.75) is 20.8 Å². The van der Waals surface area contributed by atoms with Crippen LogP contribution in [0.1, 0.15) is 20.8 Å². The molecule has 0 aromatic carbocycles. The van der Waals surface area contributed by atoms with Crippen LogP contribution in [0.4, 0.5) is 5.95 Å². The number of nitrogens with zero attached hydrogens (tertiary/aromatic N) is 4. The van der Waals surface area contributed by atoms with Crippen LogP contribution in [0, 0.1) is 11.8 Å². The fraction of sp³-hybridized carbons (Fsp3) is 0.643. The Kier molecular flexibility index (Phi) is 4.35. The SMILES string of the molecule is CC(C)C(C)C(=O)N1CCN(c2ncccn2)CC1. The fourth-order valence-electron chi connectivity index (χ4n) is 2.15. The van der Waals surface area contributed by atoms with Crippen LogP contribution in [0.3, 0.4) is 0 Å². The molecule has 0 N–H and O–H groups in total. The number of carbonyl (C=O) groups excluding carboxylic acids is 1. The number of piperazine rings is 1. The van der Waals surface area contributed by atoms with Gasteiger partial charge < -0.3 is 9.80 Å². The van der Waals surface area contributed by atoms with Gasteiger partial charge in [-0.05, 0) is 12.0 Å². The van der Waals surface area contributed by atoms with Crippen molar-refractivity contribution in [1.82, 2.24) is 14.9 Å². The largest absolute Gasteiger partial charge is 0.339 e. The summed E-state index contributed by atoms with van der Waals surface area (Å²) in [5.74, 6) is 1.51. The van der Waals surface area contributed by atoms with E-state index in [4.69, 9.17) is 0 Å². The van der Waals surface area contributed by atoms with E-state index in [0.29, 0.717) is 5.92 Å². The van der Waals surface area contributed by atoms with Crippen LogP contribution in [0.2, 0.25) is 0 Å². The van der Waals surface area contributed by atoms with E-state index in [0.717, 1.165) is 32.1 Å². The van der Waals surface area contributed by atoms with E-state index in [-0.39, 0.29) is 11.8 Å². The van der Waals surface area contributed by atoms with Crippen molar-refractivity contribution < 1.29 is 4.79 Å². The molecule has 1 aliphatic heterocycles. The van der Waals surface area contributed by atoms with Crippen molar-refractivity contribution in [3.05, 3.63) is 18.5 Å². The van der Waals surface area contributed by atoms with Crippen LogP contribution in [0.25, 0.3) is 0 Å². The molecule has 1 aromatic rings. The lowest BCUT2D eigenvalue weighted by Gasteiger charge is -2.36. The Labute approximate surface area is 114 Å². The molecule has 1 saturated heterocycles. The second kappa shape index (κ2) is 5.99. The minimum atomic E-state index is 0.0968. The van der Waals surface area contributed by atoms with Gasteiger partial charge in [0.15, 0.2) is 0 Å². The summed E-state index contributed by atoms with van der Waals surface area (Å²) in [4.78, 5) is 24.8. The highest BCUT2D eigenvalue weighted by Gasteiger charge is 2.26. The van der Waals surface area contributed by atoms with Crippen molar-refractivity contribution in [3.63, 3.8) is 0 Å². The molecule has 0 radical (unpaired) electrons. The Morgan fingerprint density at radius 1 is 1.11 bits per heavy atom. The first kappa shape index (κ1) is 13.8. The zero-order chi connectivity index (χ0) is 13.8. The van der Waals surface area contributed by atoms with E-state index in [1.807, 2.05) is 17.9 Å². The molecule has 2 heterocycles. The Balaban J connectivity index is 1.91. The third-order valence-electron chi connectivity index (χ3n) is 3.82. The zero-order valence-corrected chi connectivity index (χ0v) is 11.9. The summed E-state index contributed by atoms with van der Waals surface area (Å²) in [5, 5.41) is 0. The number of amides is 1. The van der Waals surface area contributed by atoms with Gasteiger partial charge >= 0.3 is 0 Å². The van der Waals surface area contributed by atoms with Gasteiger partial charge in [-0.3, -0.25) is 4.79 Å². The normalized spacial score (nSPS) is 17.7. The second-order valence-corrected chi connectivity index (χ2v) is 5.39. The second-order valence-electron chi connectivity index (χ2n) is 5.39. The molecule has 1 fully saturated rings. The molecule has 1 amide bonds. The number of aromatic nitrogens is 2. The number of hydrogen-bond acceptors (Lipinski definition) is 4. The smallest absolute Gasteiger partial charge is 0.225 e. The van der Waals surface area contributed by atoms with Gasteiger partial charge in [0.1, 0.15) is 0 Å². The lowest BCUT2D eigenvalue weighted by atomic mass is 9.96. The molecule has 0 saturated carbocycles. The summed E-state index contributed by atoms with van der Waals surface area (Å²) >= 11 is 0. The van der Waals surface area contributed by atoms with E-state index in [9.17, 15) is 4.79 Å². The lowest BCUT2D eigenvalue weighted by Crippen LogP contribution is -2.51. The number of anilines is 1. The maximum absolute atomic E-state index is 12.3. The molecule has 5 nitrogen and oxygen atoms in total. The summed E-state index contributed by atoms with van der Waals surface area (Å²) in [6, 6.07) is 1.81. The van der Waals surface area contributed by atoms with Crippen molar-refractivity contribution in [1.29, 1.82) is 0 Å². The third kappa shape index (κ3) is 3.22. The fourth-order valence-corrected chi connectivity index (χ4v) is 2.15. The van der Waals surface area contributed by atoms with Crippen LogP contribution < -0.4 is 4.90 Å². The van der Waals surface area contributed by atoms with E-state index < -0.39 is 0 Å². The molecule has 1 atom stereocenters. The highest BCUT2D eigenvalue weighted by Crippen LogP contribution is 2.16. The maximum Gasteiger partial charge on any atom is 0.225 e. The monoisotopic (exact) mass is 262 g/mol. The summed E-state index contributed by atoms with van der Waals surface area (Å²) in [5.41, 5.74) is 0. The van der Waals surface area contributed by atoms with Crippen LogP contribution in [0.15, 0.2) is 18.5 Å². The van der Waals surface area contributed by atoms with Gasteiger partial charge in [0.05, 0.1) is 0 Å². The van der Waals surface area contributed by atoms with Crippen LogP contribution in [-0.2, 0) is 4.79 Å². The quantitative estimate of drug-likeness (QED) is 0.826. The van der Waals surface area contributed by atoms with Gasteiger partial charge in [0.2, 0.25) is 11.9 Å². The predicted molar refractivity (Wildman–Crippen MR) is 74.8 cm³/mol. The zero-order valence-electron chi connectivity index (χ0n) is 11.9.